The summed E-state index contributed by atoms with van der Waals surface area (Å²) in [5.41, 5.74) is 0.773. The van der Waals surface area contributed by atoms with E-state index in [0.717, 1.165) is 5.56 Å². The Hall–Kier alpha value is -2.25. The molecule has 0 N–H and O–H groups in total. The second kappa shape index (κ2) is 7.51. The van der Waals surface area contributed by atoms with Crippen LogP contribution in [0.3, 0.4) is 0 Å². The maximum absolute atomic E-state index is 12.5. The van der Waals surface area contributed by atoms with Crippen LogP contribution in [0.25, 0.3) is 0 Å². The minimum absolute atomic E-state index is 0.223. The Labute approximate surface area is 128 Å². The summed E-state index contributed by atoms with van der Waals surface area (Å²) in [6.45, 7) is 0.399. The van der Waals surface area contributed by atoms with Crippen LogP contribution in [0.5, 0.6) is 0 Å². The van der Waals surface area contributed by atoms with Gasteiger partial charge in [-0.25, -0.2) is 0 Å². The van der Waals surface area contributed by atoms with E-state index in [2.05, 4.69) is 6.07 Å². The second-order valence-corrected chi connectivity index (χ2v) is 4.84. The van der Waals surface area contributed by atoms with E-state index in [0.29, 0.717) is 18.8 Å². The van der Waals surface area contributed by atoms with Crippen LogP contribution >= 0.6 is 11.6 Å². The van der Waals surface area contributed by atoms with E-state index in [1.54, 1.807) is 12.1 Å². The van der Waals surface area contributed by atoms with E-state index in [-0.39, 0.29) is 11.7 Å². The van der Waals surface area contributed by atoms with Gasteiger partial charge in [0.1, 0.15) is 6.04 Å². The lowest BCUT2D eigenvalue weighted by Crippen LogP contribution is -2.35. The Balaban J connectivity index is 2.30. The van der Waals surface area contributed by atoms with Crippen molar-refractivity contribution in [2.24, 2.45) is 0 Å². The molecule has 108 valence electrons. The van der Waals surface area contributed by atoms with Crippen LogP contribution in [0.1, 0.15) is 28.6 Å². The van der Waals surface area contributed by atoms with Gasteiger partial charge in [0.05, 0.1) is 12.3 Å². The van der Waals surface area contributed by atoms with Crippen molar-refractivity contribution in [2.45, 2.75) is 12.5 Å². The van der Waals surface area contributed by atoms with Crippen LogP contribution in [-0.2, 0) is 0 Å². The van der Waals surface area contributed by atoms with Crippen molar-refractivity contribution in [2.75, 3.05) is 12.4 Å². The van der Waals surface area contributed by atoms with Crippen LogP contribution in [-0.4, -0.2) is 23.2 Å². The molecule has 0 spiro atoms. The minimum Gasteiger partial charge on any atom is -0.459 e. The van der Waals surface area contributed by atoms with Crippen molar-refractivity contribution in [3.63, 3.8) is 0 Å². The molecule has 1 aromatic carbocycles. The maximum Gasteiger partial charge on any atom is 0.290 e. The highest BCUT2D eigenvalue weighted by atomic mass is 35.5. The highest BCUT2D eigenvalue weighted by Gasteiger charge is 2.27. The third-order valence-corrected chi connectivity index (χ3v) is 3.34. The van der Waals surface area contributed by atoms with Crippen LogP contribution in [0.15, 0.2) is 53.1 Å². The van der Waals surface area contributed by atoms with E-state index >= 15 is 0 Å². The quantitative estimate of drug-likeness (QED) is 0.766. The third kappa shape index (κ3) is 3.65. The summed E-state index contributed by atoms with van der Waals surface area (Å²) in [6.07, 6.45) is 2.05. The van der Waals surface area contributed by atoms with Crippen LogP contribution in [0.2, 0.25) is 0 Å². The number of furan rings is 1. The molecule has 0 fully saturated rings. The van der Waals surface area contributed by atoms with Gasteiger partial charge in [0.15, 0.2) is 5.76 Å². The first kappa shape index (κ1) is 15.1. The molecule has 5 heteroatoms. The molecule has 4 nitrogen and oxygen atoms in total. The lowest BCUT2D eigenvalue weighted by atomic mass is 10.1. The molecule has 2 aromatic rings. The summed E-state index contributed by atoms with van der Waals surface area (Å²) in [7, 11) is 0. The fourth-order valence-electron chi connectivity index (χ4n) is 2.08. The SMILES string of the molecule is N#C[C@@H](c1ccccc1)N(CCCCl)C(=O)c1ccco1. The van der Waals surface area contributed by atoms with Crippen molar-refractivity contribution in [3.05, 3.63) is 60.1 Å². The van der Waals surface area contributed by atoms with Gasteiger partial charge in [-0.05, 0) is 24.1 Å². The molecule has 0 unspecified atom stereocenters. The van der Waals surface area contributed by atoms with Crippen molar-refractivity contribution in [3.8, 4) is 6.07 Å². The Bertz CT molecular complexity index is 605. The number of rotatable bonds is 6. The first-order chi connectivity index (χ1) is 10.3. The Morgan fingerprint density at radius 2 is 2.05 bits per heavy atom. The molecule has 1 amide bonds. The fraction of sp³-hybridized carbons (Fsp3) is 0.250. The van der Waals surface area contributed by atoms with Crippen molar-refractivity contribution >= 4 is 17.5 Å². The molecule has 2 rings (SSSR count). The molecule has 0 aliphatic carbocycles. The van der Waals surface area contributed by atoms with Gasteiger partial charge in [0.25, 0.3) is 5.91 Å². The first-order valence-corrected chi connectivity index (χ1v) is 7.16. The zero-order valence-electron chi connectivity index (χ0n) is 11.4. The van der Waals surface area contributed by atoms with Crippen LogP contribution < -0.4 is 0 Å². The Morgan fingerprint density at radius 1 is 1.29 bits per heavy atom. The fourth-order valence-corrected chi connectivity index (χ4v) is 2.20. The monoisotopic (exact) mass is 302 g/mol. The van der Waals surface area contributed by atoms with E-state index in [1.807, 2.05) is 30.3 Å². The Kier molecular flexibility index (Phi) is 5.42. The molecular formula is C16H15ClN2O2. The molecule has 21 heavy (non-hydrogen) atoms. The molecular weight excluding hydrogens is 288 g/mol. The molecule has 1 atom stereocenters. The summed E-state index contributed by atoms with van der Waals surface area (Å²) >= 11 is 5.72. The number of benzene rings is 1. The van der Waals surface area contributed by atoms with Gasteiger partial charge < -0.3 is 9.32 Å². The van der Waals surface area contributed by atoms with E-state index in [9.17, 15) is 10.1 Å². The molecule has 0 saturated heterocycles. The summed E-state index contributed by atoms with van der Waals surface area (Å²) in [6, 6.07) is 14.0. The standard InChI is InChI=1S/C16H15ClN2O2/c17-9-5-10-19(16(20)15-8-4-11-21-15)14(12-18)13-6-2-1-3-7-13/h1-4,6-8,11,14H,5,9-10H2/t14-/m0/s1. The molecule has 0 radical (unpaired) electrons. The molecule has 1 aromatic heterocycles. The van der Waals surface area contributed by atoms with Gasteiger partial charge in [-0.3, -0.25) is 4.79 Å². The molecule has 1 heterocycles. The van der Waals surface area contributed by atoms with E-state index in [4.69, 9.17) is 16.0 Å². The van der Waals surface area contributed by atoms with Crippen LogP contribution in [0, 0.1) is 11.3 Å². The number of hydrogen-bond acceptors (Lipinski definition) is 3. The average molecular weight is 303 g/mol. The Morgan fingerprint density at radius 3 is 2.62 bits per heavy atom. The molecule has 0 aliphatic heterocycles. The normalized spacial score (nSPS) is 11.6. The predicted molar refractivity (Wildman–Crippen MR) is 79.9 cm³/mol. The van der Waals surface area contributed by atoms with Gasteiger partial charge >= 0.3 is 0 Å². The number of nitriles is 1. The summed E-state index contributed by atoms with van der Waals surface area (Å²) < 4.78 is 5.15. The summed E-state index contributed by atoms with van der Waals surface area (Å²) in [5, 5.41) is 9.49. The number of alkyl halides is 1. The van der Waals surface area contributed by atoms with Crippen molar-refractivity contribution < 1.29 is 9.21 Å². The second-order valence-electron chi connectivity index (χ2n) is 4.46. The highest BCUT2D eigenvalue weighted by molar-refractivity contribution is 6.17. The topological polar surface area (TPSA) is 57.2 Å². The largest absolute Gasteiger partial charge is 0.459 e. The van der Waals surface area contributed by atoms with Gasteiger partial charge in [-0.15, -0.1) is 11.6 Å². The van der Waals surface area contributed by atoms with E-state index < -0.39 is 6.04 Å². The van der Waals surface area contributed by atoms with Gasteiger partial charge in [-0.2, -0.15) is 5.26 Å². The van der Waals surface area contributed by atoms with Crippen molar-refractivity contribution in [1.29, 1.82) is 5.26 Å². The average Bonchev–Trinajstić information content (AvgIpc) is 3.06. The summed E-state index contributed by atoms with van der Waals surface area (Å²) in [5.74, 6) is 0.343. The molecule has 0 aliphatic rings. The number of halogens is 1. The lowest BCUT2D eigenvalue weighted by molar-refractivity contribution is 0.0684. The molecule has 0 saturated carbocycles. The molecule has 0 bridgehead atoms. The number of nitrogens with zero attached hydrogens (tertiary/aromatic N) is 2. The zero-order chi connectivity index (χ0) is 15.1. The van der Waals surface area contributed by atoms with E-state index in [1.165, 1.54) is 11.2 Å². The number of carbonyl (C=O) groups excluding carboxylic acids is 1. The van der Waals surface area contributed by atoms with Gasteiger partial charge in [-0.1, -0.05) is 30.3 Å². The lowest BCUT2D eigenvalue weighted by Gasteiger charge is -2.26. The van der Waals surface area contributed by atoms with Gasteiger partial charge in [0.2, 0.25) is 0 Å². The summed E-state index contributed by atoms with van der Waals surface area (Å²) in [4.78, 5) is 14.0. The third-order valence-electron chi connectivity index (χ3n) is 3.07. The predicted octanol–water partition coefficient (Wildman–Crippen LogP) is 3.62. The zero-order valence-corrected chi connectivity index (χ0v) is 12.2. The first-order valence-electron chi connectivity index (χ1n) is 6.63. The number of carbonyl (C=O) groups is 1. The minimum atomic E-state index is -0.660. The number of hydrogen-bond donors (Lipinski definition) is 0. The van der Waals surface area contributed by atoms with Crippen molar-refractivity contribution in [1.82, 2.24) is 4.90 Å². The highest BCUT2D eigenvalue weighted by Crippen LogP contribution is 2.22. The smallest absolute Gasteiger partial charge is 0.290 e. The number of amides is 1. The van der Waals surface area contributed by atoms with Crippen LogP contribution in [0.4, 0.5) is 0 Å². The van der Waals surface area contributed by atoms with Gasteiger partial charge in [0, 0.05) is 12.4 Å². The maximum atomic E-state index is 12.5.